The fraction of sp³-hybridized carbons (Fsp3) is 0.464. The fourth-order valence-electron chi connectivity index (χ4n) is 4.02. The Morgan fingerprint density at radius 3 is 2.32 bits per heavy atom. The van der Waals surface area contributed by atoms with Crippen LogP contribution in [0.5, 0.6) is 0 Å². The van der Waals surface area contributed by atoms with E-state index < -0.39 is 28.7 Å². The second kappa shape index (κ2) is 12.9. The molecule has 1 atom stereocenters. The Morgan fingerprint density at radius 2 is 1.68 bits per heavy atom. The lowest BCUT2D eigenvalue weighted by molar-refractivity contribution is -0.155. The van der Waals surface area contributed by atoms with E-state index in [1.54, 1.807) is 50.8 Å². The third kappa shape index (κ3) is 8.70. The van der Waals surface area contributed by atoms with Crippen LogP contribution in [0.3, 0.4) is 0 Å². The normalized spacial score (nSPS) is 15.4. The number of nitrogens with two attached hydrogens (primary N) is 1. The molecule has 1 saturated heterocycles. The maximum atomic E-state index is 13.5. The van der Waals surface area contributed by atoms with Gasteiger partial charge >= 0.3 is 18.2 Å². The molecule has 0 spiro atoms. The summed E-state index contributed by atoms with van der Waals surface area (Å²) in [7, 11) is 0. The largest absolute Gasteiger partial charge is 0.462 e. The van der Waals surface area contributed by atoms with E-state index in [1.807, 2.05) is 0 Å². The van der Waals surface area contributed by atoms with Gasteiger partial charge in [0.2, 0.25) is 0 Å². The number of nitrogens with one attached hydrogen (secondary N) is 3. The van der Waals surface area contributed by atoms with Gasteiger partial charge in [-0.2, -0.15) is 13.2 Å². The molecule has 9 nitrogen and oxygen atoms in total. The molecule has 2 aromatic rings. The molecule has 3 rings (SSSR count). The van der Waals surface area contributed by atoms with E-state index in [1.165, 1.54) is 12.1 Å². The minimum atomic E-state index is -4.57. The number of hydrogen-bond acceptors (Lipinski definition) is 6. The number of ether oxygens (including phenoxy) is 2. The summed E-state index contributed by atoms with van der Waals surface area (Å²) in [6, 6.07) is 9.62. The SMILES string of the molecule is CC(C)(C)C(=O)OCC(C)(NC(=S)Nc1c(N)cccc1CNC(=O)N1CCOCC1)c1cccc(C(F)(F)F)c1. The highest BCUT2D eigenvalue weighted by Crippen LogP contribution is 2.33. The maximum Gasteiger partial charge on any atom is 0.416 e. The second-order valence-corrected chi connectivity index (χ2v) is 11.4. The second-order valence-electron chi connectivity index (χ2n) is 11.0. The number of anilines is 2. The molecule has 1 aliphatic rings. The van der Waals surface area contributed by atoms with E-state index in [0.29, 0.717) is 43.2 Å². The molecule has 1 aliphatic heterocycles. The van der Waals surface area contributed by atoms with E-state index >= 15 is 0 Å². The molecule has 41 heavy (non-hydrogen) atoms. The van der Waals surface area contributed by atoms with Crippen molar-refractivity contribution in [2.45, 2.75) is 46.0 Å². The smallest absolute Gasteiger partial charge is 0.416 e. The lowest BCUT2D eigenvalue weighted by Crippen LogP contribution is -2.49. The first-order chi connectivity index (χ1) is 19.1. The van der Waals surface area contributed by atoms with E-state index in [9.17, 15) is 22.8 Å². The topological polar surface area (TPSA) is 118 Å². The molecule has 2 amide bonds. The first-order valence-corrected chi connectivity index (χ1v) is 13.4. The van der Waals surface area contributed by atoms with Crippen molar-refractivity contribution in [2.75, 3.05) is 44.0 Å². The van der Waals surface area contributed by atoms with Crippen LogP contribution in [0.15, 0.2) is 42.5 Å². The lowest BCUT2D eigenvalue weighted by Gasteiger charge is -2.34. The van der Waals surface area contributed by atoms with Crippen molar-refractivity contribution in [3.8, 4) is 0 Å². The van der Waals surface area contributed by atoms with Gasteiger partial charge in [-0.25, -0.2) is 4.79 Å². The zero-order valence-electron chi connectivity index (χ0n) is 23.5. The molecular weight excluding hydrogens is 559 g/mol. The summed E-state index contributed by atoms with van der Waals surface area (Å²) in [5.74, 6) is -0.526. The molecule has 224 valence electrons. The monoisotopic (exact) mass is 595 g/mol. The molecule has 0 bridgehead atoms. The Labute approximate surface area is 242 Å². The van der Waals surface area contributed by atoms with Crippen LogP contribution in [-0.2, 0) is 32.5 Å². The van der Waals surface area contributed by atoms with Gasteiger partial charge in [0.25, 0.3) is 0 Å². The third-order valence-electron chi connectivity index (χ3n) is 6.47. The van der Waals surface area contributed by atoms with E-state index in [4.69, 9.17) is 27.4 Å². The van der Waals surface area contributed by atoms with Crippen LogP contribution in [0.4, 0.5) is 29.3 Å². The Hall–Kier alpha value is -3.58. The van der Waals surface area contributed by atoms with Gasteiger partial charge in [-0.05, 0) is 69.2 Å². The predicted octanol–water partition coefficient (Wildman–Crippen LogP) is 4.62. The number of esters is 1. The van der Waals surface area contributed by atoms with E-state index in [-0.39, 0.29) is 29.9 Å². The maximum absolute atomic E-state index is 13.5. The van der Waals surface area contributed by atoms with Crippen LogP contribution in [0.25, 0.3) is 0 Å². The zero-order valence-corrected chi connectivity index (χ0v) is 24.3. The van der Waals surface area contributed by atoms with Crippen molar-refractivity contribution < 1.29 is 32.2 Å². The Kier molecular flexibility index (Phi) is 10.1. The molecule has 0 radical (unpaired) electrons. The first-order valence-electron chi connectivity index (χ1n) is 13.0. The molecule has 0 aliphatic carbocycles. The standard InChI is InChI=1S/C28H36F3N5O4S/c1-26(2,3)23(37)40-17-27(4,19-8-6-9-20(15-19)28(29,30)31)35-24(41)34-22-18(7-5-10-21(22)32)16-33-25(38)36-11-13-39-14-12-36/h5-10,15H,11-14,16-17,32H2,1-4H3,(H,33,38)(H2,34,35,41). The summed E-state index contributed by atoms with van der Waals surface area (Å²) < 4.78 is 51.3. The van der Waals surface area contributed by atoms with Gasteiger partial charge in [-0.3, -0.25) is 4.79 Å². The number of halogens is 3. The minimum absolute atomic E-state index is 0.0235. The third-order valence-corrected chi connectivity index (χ3v) is 6.67. The number of para-hydroxylation sites is 1. The Morgan fingerprint density at radius 1 is 1.05 bits per heavy atom. The van der Waals surface area contributed by atoms with Crippen molar-refractivity contribution in [3.05, 3.63) is 59.2 Å². The van der Waals surface area contributed by atoms with Crippen molar-refractivity contribution in [1.29, 1.82) is 0 Å². The molecule has 0 aromatic heterocycles. The number of benzene rings is 2. The van der Waals surface area contributed by atoms with Crippen molar-refractivity contribution in [3.63, 3.8) is 0 Å². The summed E-state index contributed by atoms with van der Waals surface area (Å²) in [5, 5.41) is 8.93. The van der Waals surface area contributed by atoms with Crippen LogP contribution in [0, 0.1) is 5.41 Å². The number of nitrogens with zero attached hydrogens (tertiary/aromatic N) is 1. The van der Waals surface area contributed by atoms with Crippen molar-refractivity contribution >= 4 is 40.7 Å². The molecule has 1 heterocycles. The van der Waals surface area contributed by atoms with E-state index in [0.717, 1.165) is 12.1 Å². The Bertz CT molecular complexity index is 1260. The Balaban J connectivity index is 1.82. The summed E-state index contributed by atoms with van der Waals surface area (Å²) in [6.45, 7) is 8.34. The first kappa shape index (κ1) is 31.9. The molecule has 13 heteroatoms. The zero-order chi connectivity index (χ0) is 30.4. The van der Waals surface area contributed by atoms with Crippen LogP contribution in [0.2, 0.25) is 0 Å². The van der Waals surface area contributed by atoms with Crippen LogP contribution in [0.1, 0.15) is 44.4 Å². The number of alkyl halides is 3. The van der Waals surface area contributed by atoms with Crippen molar-refractivity contribution in [1.82, 2.24) is 15.5 Å². The van der Waals surface area contributed by atoms with Gasteiger partial charge in [-0.15, -0.1) is 0 Å². The minimum Gasteiger partial charge on any atom is -0.462 e. The fourth-order valence-corrected chi connectivity index (χ4v) is 4.35. The van der Waals surface area contributed by atoms with E-state index in [2.05, 4.69) is 16.0 Å². The lowest BCUT2D eigenvalue weighted by atomic mass is 9.91. The average molecular weight is 596 g/mol. The average Bonchev–Trinajstić information content (AvgIpc) is 2.91. The quantitative estimate of drug-likeness (QED) is 0.208. The number of hydrogen-bond donors (Lipinski definition) is 4. The summed E-state index contributed by atoms with van der Waals surface area (Å²) in [5.41, 5.74) is 4.80. The van der Waals surface area contributed by atoms with Crippen molar-refractivity contribution in [2.24, 2.45) is 5.41 Å². The number of rotatable bonds is 7. The highest BCUT2D eigenvalue weighted by Gasteiger charge is 2.36. The molecule has 1 unspecified atom stereocenters. The van der Waals surface area contributed by atoms with Gasteiger partial charge in [0, 0.05) is 19.6 Å². The number of amides is 2. The predicted molar refractivity (Wildman–Crippen MR) is 154 cm³/mol. The summed E-state index contributed by atoms with van der Waals surface area (Å²) >= 11 is 5.55. The number of nitrogen functional groups attached to an aromatic ring is 1. The van der Waals surface area contributed by atoms with Crippen LogP contribution >= 0.6 is 12.2 Å². The highest BCUT2D eigenvalue weighted by molar-refractivity contribution is 7.80. The van der Waals surface area contributed by atoms with Crippen LogP contribution in [-0.4, -0.2) is 54.9 Å². The number of morpholine rings is 1. The number of carbonyl (C=O) groups is 2. The molecule has 5 N–H and O–H groups in total. The number of carbonyl (C=O) groups excluding carboxylic acids is 2. The molecule has 0 saturated carbocycles. The summed E-state index contributed by atoms with van der Waals surface area (Å²) in [4.78, 5) is 26.8. The van der Waals surface area contributed by atoms with Gasteiger partial charge in [0.1, 0.15) is 6.61 Å². The van der Waals surface area contributed by atoms with Gasteiger partial charge in [0.05, 0.1) is 41.1 Å². The number of urea groups is 1. The van der Waals surface area contributed by atoms with Crippen LogP contribution < -0.4 is 21.7 Å². The van der Waals surface area contributed by atoms with Gasteiger partial charge < -0.3 is 36.1 Å². The highest BCUT2D eigenvalue weighted by atomic mass is 32.1. The molecular formula is C28H36F3N5O4S. The molecule has 2 aromatic carbocycles. The summed E-state index contributed by atoms with van der Waals surface area (Å²) in [6.07, 6.45) is -4.57. The number of thiocarbonyl (C=S) groups is 1. The van der Waals surface area contributed by atoms with Gasteiger partial charge in [-0.1, -0.05) is 24.3 Å². The van der Waals surface area contributed by atoms with Gasteiger partial charge in [0.15, 0.2) is 5.11 Å². The molecule has 1 fully saturated rings.